The molecule has 0 nitrogen and oxygen atoms in total. The highest BCUT2D eigenvalue weighted by Gasteiger charge is 2.42. The summed E-state index contributed by atoms with van der Waals surface area (Å²) in [5.74, 6) is -5.90. The maximum Gasteiger partial charge on any atom is 0.198 e. The summed E-state index contributed by atoms with van der Waals surface area (Å²) in [4.78, 5) is 0. The Balaban J connectivity index is 2.77. The van der Waals surface area contributed by atoms with Crippen LogP contribution in [0.4, 0.5) is 17.6 Å². The second-order valence-electron chi connectivity index (χ2n) is 3.76. The molecular weight excluding hydrogens is 214 g/mol. The van der Waals surface area contributed by atoms with Crippen molar-refractivity contribution in [3.05, 3.63) is 28.8 Å². The fraction of sp³-hybridized carbons (Fsp3) is 0.250. The third-order valence-electron chi connectivity index (χ3n) is 2.33. The van der Waals surface area contributed by atoms with Crippen LogP contribution in [0.2, 0.25) is 0 Å². The molecule has 2 rings (SSSR count). The topological polar surface area (TPSA) is 0 Å². The molecule has 0 aromatic heterocycles. The summed E-state index contributed by atoms with van der Waals surface area (Å²) in [6.07, 6.45) is 0. The van der Waals surface area contributed by atoms with E-state index in [1.807, 2.05) is 0 Å². The largest absolute Gasteiger partial charge is 0.203 e. The number of hydrogen-bond donors (Lipinski definition) is 0. The number of fused-ring (bicyclic) bond motifs is 1. The van der Waals surface area contributed by atoms with E-state index in [1.165, 1.54) is 0 Å². The van der Waals surface area contributed by atoms with Crippen molar-refractivity contribution in [3.63, 3.8) is 0 Å². The molecule has 0 N–H and O–H groups in total. The highest BCUT2D eigenvalue weighted by atomic mass is 31.1. The molecule has 1 aromatic rings. The van der Waals surface area contributed by atoms with Gasteiger partial charge in [-0.15, -0.1) is 0 Å². The lowest BCUT2D eigenvalue weighted by Gasteiger charge is -2.38. The van der Waals surface area contributed by atoms with Crippen LogP contribution in [-0.4, -0.2) is 7.85 Å². The van der Waals surface area contributed by atoms with Crippen LogP contribution in [-0.2, 0) is 5.06 Å². The summed E-state index contributed by atoms with van der Waals surface area (Å²) in [7, 11) is 1.66. The molecule has 1 heterocycles. The Morgan fingerprint density at radius 1 is 1.00 bits per heavy atom. The van der Waals surface area contributed by atoms with Crippen LogP contribution in [0.5, 0.6) is 0 Å². The first kappa shape index (κ1) is 9.97. The summed E-state index contributed by atoms with van der Waals surface area (Å²) in [6, 6.07) is 0. The molecule has 0 fully saturated rings. The van der Waals surface area contributed by atoms with E-state index >= 15 is 0 Å². The standard InChI is InChI=1S/C8H6BF4P/c1-8(9)2-3(10)4(11)5(12)6(13)7(2)14-8/h14H,9H2,1H3. The van der Waals surface area contributed by atoms with Gasteiger partial charge >= 0.3 is 0 Å². The monoisotopic (exact) mass is 220 g/mol. The molecule has 0 aliphatic carbocycles. The fourth-order valence-electron chi connectivity index (χ4n) is 1.65. The van der Waals surface area contributed by atoms with Gasteiger partial charge in [0.1, 0.15) is 7.85 Å². The third-order valence-corrected chi connectivity index (χ3v) is 3.92. The Labute approximate surface area is 80.9 Å². The highest BCUT2D eigenvalue weighted by molar-refractivity contribution is 7.53. The van der Waals surface area contributed by atoms with Crippen molar-refractivity contribution in [2.24, 2.45) is 0 Å². The lowest BCUT2D eigenvalue weighted by atomic mass is 9.80. The van der Waals surface area contributed by atoms with E-state index in [9.17, 15) is 17.6 Å². The highest BCUT2D eigenvalue weighted by Crippen LogP contribution is 2.50. The van der Waals surface area contributed by atoms with Crippen molar-refractivity contribution in [1.82, 2.24) is 0 Å². The summed E-state index contributed by atoms with van der Waals surface area (Å²) >= 11 is 0. The fourth-order valence-corrected chi connectivity index (χ4v) is 3.21. The lowest BCUT2D eigenvalue weighted by Crippen LogP contribution is -2.39. The van der Waals surface area contributed by atoms with Crippen molar-refractivity contribution in [1.29, 1.82) is 0 Å². The summed E-state index contributed by atoms with van der Waals surface area (Å²) in [6.45, 7) is 1.67. The van der Waals surface area contributed by atoms with Crippen LogP contribution in [0, 0.1) is 23.3 Å². The quantitative estimate of drug-likeness (QED) is 0.203. The summed E-state index contributed by atoms with van der Waals surface area (Å²) in [5.41, 5.74) is -0.0211. The predicted molar refractivity (Wildman–Crippen MR) is 50.1 cm³/mol. The third kappa shape index (κ3) is 1.05. The molecule has 0 amide bonds. The van der Waals surface area contributed by atoms with Gasteiger partial charge in [-0.05, 0) is 5.06 Å². The molecule has 0 bridgehead atoms. The van der Waals surface area contributed by atoms with Crippen LogP contribution in [0.15, 0.2) is 0 Å². The maximum absolute atomic E-state index is 13.2. The number of rotatable bonds is 0. The Hall–Kier alpha value is -0.565. The molecule has 1 aliphatic heterocycles. The Bertz CT molecular complexity index is 407. The Morgan fingerprint density at radius 3 is 2.00 bits per heavy atom. The van der Waals surface area contributed by atoms with Crippen molar-refractivity contribution < 1.29 is 17.6 Å². The zero-order chi connectivity index (χ0) is 10.7. The molecule has 0 saturated carbocycles. The van der Waals surface area contributed by atoms with Crippen LogP contribution < -0.4 is 5.30 Å². The molecule has 74 valence electrons. The van der Waals surface area contributed by atoms with Gasteiger partial charge in [0.15, 0.2) is 23.3 Å². The van der Waals surface area contributed by atoms with E-state index < -0.39 is 28.3 Å². The van der Waals surface area contributed by atoms with Crippen molar-refractivity contribution in [2.75, 3.05) is 0 Å². The molecular formula is C8H6BF4P. The molecule has 0 saturated heterocycles. The van der Waals surface area contributed by atoms with Gasteiger partial charge in [0.2, 0.25) is 0 Å². The van der Waals surface area contributed by atoms with Gasteiger partial charge in [-0.3, -0.25) is 0 Å². The van der Waals surface area contributed by atoms with Crippen LogP contribution >= 0.6 is 8.58 Å². The molecule has 2 unspecified atom stereocenters. The van der Waals surface area contributed by atoms with Crippen LogP contribution in [0.3, 0.4) is 0 Å². The minimum atomic E-state index is -1.71. The zero-order valence-corrected chi connectivity index (χ0v) is 8.51. The minimum absolute atomic E-state index is 0.00796. The van der Waals surface area contributed by atoms with Gasteiger partial charge in [0.05, 0.1) is 0 Å². The Kier molecular flexibility index (Phi) is 1.94. The number of halogens is 4. The van der Waals surface area contributed by atoms with Crippen molar-refractivity contribution in [3.8, 4) is 0 Å². The molecule has 6 heteroatoms. The maximum atomic E-state index is 13.2. The van der Waals surface area contributed by atoms with Gasteiger partial charge < -0.3 is 0 Å². The molecule has 0 radical (unpaired) electrons. The second kappa shape index (κ2) is 2.72. The van der Waals surface area contributed by atoms with E-state index in [2.05, 4.69) is 0 Å². The van der Waals surface area contributed by atoms with E-state index in [4.69, 9.17) is 0 Å². The molecule has 0 spiro atoms. The van der Waals surface area contributed by atoms with Gasteiger partial charge in [-0.1, -0.05) is 15.5 Å². The molecule has 1 aromatic carbocycles. The zero-order valence-electron chi connectivity index (χ0n) is 7.51. The van der Waals surface area contributed by atoms with Crippen molar-refractivity contribution >= 4 is 21.7 Å². The lowest BCUT2D eigenvalue weighted by molar-refractivity contribution is 0.404. The van der Waals surface area contributed by atoms with Gasteiger partial charge in [-0.25, -0.2) is 17.6 Å². The van der Waals surface area contributed by atoms with E-state index in [-0.39, 0.29) is 19.4 Å². The molecule has 1 aliphatic rings. The van der Waals surface area contributed by atoms with E-state index in [0.717, 1.165) is 0 Å². The van der Waals surface area contributed by atoms with Crippen LogP contribution in [0.1, 0.15) is 12.5 Å². The normalized spacial score (nSPS) is 26.1. The average molecular weight is 220 g/mol. The SMILES string of the molecule is BC1(C)Pc2c(F)c(F)c(F)c(F)c21. The first-order valence-corrected chi connectivity index (χ1v) is 5.01. The van der Waals surface area contributed by atoms with Gasteiger partial charge in [0.25, 0.3) is 0 Å². The number of hydrogen-bond acceptors (Lipinski definition) is 0. The van der Waals surface area contributed by atoms with E-state index in [0.29, 0.717) is 0 Å². The second-order valence-corrected chi connectivity index (χ2v) is 5.76. The van der Waals surface area contributed by atoms with Crippen molar-refractivity contribution in [2.45, 2.75) is 12.0 Å². The molecule has 2 atom stereocenters. The number of benzene rings is 1. The first-order chi connectivity index (χ1) is 6.36. The average Bonchev–Trinajstić information content (AvgIpc) is 2.09. The summed E-state index contributed by atoms with van der Waals surface area (Å²) < 4.78 is 51.8. The van der Waals surface area contributed by atoms with E-state index in [1.54, 1.807) is 14.8 Å². The molecule has 14 heavy (non-hydrogen) atoms. The first-order valence-electron chi connectivity index (χ1n) is 4.01. The summed E-state index contributed by atoms with van der Waals surface area (Å²) in [5, 5.41) is -0.583. The smallest absolute Gasteiger partial charge is 0.198 e. The Morgan fingerprint density at radius 2 is 1.50 bits per heavy atom. The van der Waals surface area contributed by atoms with Crippen LogP contribution in [0.25, 0.3) is 0 Å². The van der Waals surface area contributed by atoms with Gasteiger partial charge in [0, 0.05) is 10.9 Å². The minimum Gasteiger partial charge on any atom is -0.203 e. The predicted octanol–water partition coefficient (Wildman–Crippen LogP) is 1.37. The van der Waals surface area contributed by atoms with Gasteiger partial charge in [-0.2, -0.15) is 0 Å².